The molecule has 2 rings (SSSR count). The summed E-state index contributed by atoms with van der Waals surface area (Å²) in [5, 5.41) is 0. The summed E-state index contributed by atoms with van der Waals surface area (Å²) in [5.74, 6) is 1.18. The van der Waals surface area contributed by atoms with Crippen LogP contribution in [0.1, 0.15) is 24.5 Å². The zero-order valence-corrected chi connectivity index (χ0v) is 11.8. The van der Waals surface area contributed by atoms with Crippen LogP contribution >= 0.6 is 11.8 Å². The average molecular weight is 250 g/mol. The van der Waals surface area contributed by atoms with E-state index in [0.29, 0.717) is 6.04 Å². The molecule has 2 nitrogen and oxygen atoms in total. The van der Waals surface area contributed by atoms with E-state index in [4.69, 9.17) is 5.73 Å². The molecule has 1 atom stereocenters. The molecule has 1 aliphatic rings. The first-order valence-electron chi connectivity index (χ1n) is 6.35. The fourth-order valence-corrected chi connectivity index (χ4v) is 3.72. The van der Waals surface area contributed by atoms with Gasteiger partial charge in [0.1, 0.15) is 0 Å². The van der Waals surface area contributed by atoms with E-state index in [0.717, 1.165) is 19.5 Å². The van der Waals surface area contributed by atoms with Gasteiger partial charge in [0.25, 0.3) is 0 Å². The molecule has 0 fully saturated rings. The van der Waals surface area contributed by atoms with E-state index in [9.17, 15) is 0 Å². The Morgan fingerprint density at radius 3 is 2.76 bits per heavy atom. The lowest BCUT2D eigenvalue weighted by atomic mass is 10.1. The fraction of sp³-hybridized carbons (Fsp3) is 0.571. The van der Waals surface area contributed by atoms with E-state index in [-0.39, 0.29) is 0 Å². The van der Waals surface area contributed by atoms with Gasteiger partial charge < -0.3 is 10.6 Å². The summed E-state index contributed by atoms with van der Waals surface area (Å²) >= 11 is 2.00. The fourth-order valence-electron chi connectivity index (χ4n) is 2.42. The first-order chi connectivity index (χ1) is 8.15. The summed E-state index contributed by atoms with van der Waals surface area (Å²) in [4.78, 5) is 4.02. The van der Waals surface area contributed by atoms with Crippen molar-refractivity contribution in [1.29, 1.82) is 0 Å². The monoisotopic (exact) mass is 250 g/mol. The van der Waals surface area contributed by atoms with Crippen LogP contribution in [-0.2, 0) is 0 Å². The Balaban J connectivity index is 2.39. The lowest BCUT2D eigenvalue weighted by Gasteiger charge is -2.38. The number of nitrogens with zero attached hydrogens (tertiary/aromatic N) is 1. The van der Waals surface area contributed by atoms with Gasteiger partial charge in [-0.05, 0) is 44.9 Å². The first-order valence-corrected chi connectivity index (χ1v) is 7.33. The van der Waals surface area contributed by atoms with Gasteiger partial charge in [0.15, 0.2) is 0 Å². The van der Waals surface area contributed by atoms with Crippen LogP contribution in [0, 0.1) is 13.8 Å². The molecule has 0 radical (unpaired) electrons. The van der Waals surface area contributed by atoms with Crippen LogP contribution in [-0.4, -0.2) is 24.9 Å². The maximum absolute atomic E-state index is 5.65. The Morgan fingerprint density at radius 2 is 2.06 bits per heavy atom. The molecule has 0 bridgehead atoms. The number of thioether (sulfide) groups is 1. The SMILES string of the molecule is Cc1ccc(C)c2c1SCC(C)N2CCCN. The quantitative estimate of drug-likeness (QED) is 0.894. The zero-order valence-electron chi connectivity index (χ0n) is 11.0. The Morgan fingerprint density at radius 1 is 1.35 bits per heavy atom. The van der Waals surface area contributed by atoms with Crippen molar-refractivity contribution in [2.24, 2.45) is 5.73 Å². The molecule has 1 aliphatic heterocycles. The number of anilines is 1. The van der Waals surface area contributed by atoms with Gasteiger partial charge in [-0.1, -0.05) is 12.1 Å². The Bertz CT molecular complexity index is 403. The lowest BCUT2D eigenvalue weighted by Crippen LogP contribution is -2.39. The minimum atomic E-state index is 0.611. The molecule has 1 aromatic carbocycles. The van der Waals surface area contributed by atoms with Crippen molar-refractivity contribution in [3.8, 4) is 0 Å². The van der Waals surface area contributed by atoms with E-state index in [1.54, 1.807) is 0 Å². The van der Waals surface area contributed by atoms with Crippen LogP contribution in [0.5, 0.6) is 0 Å². The smallest absolute Gasteiger partial charge is 0.0539 e. The molecule has 0 spiro atoms. The number of hydrogen-bond donors (Lipinski definition) is 1. The second kappa shape index (κ2) is 5.32. The van der Waals surface area contributed by atoms with E-state index in [1.807, 2.05) is 11.8 Å². The summed E-state index contributed by atoms with van der Waals surface area (Å²) < 4.78 is 0. The summed E-state index contributed by atoms with van der Waals surface area (Å²) in [6.07, 6.45) is 1.07. The standard InChI is InChI=1S/C14H22N2S/c1-10-5-6-11(2)14-13(10)16(8-4-7-15)12(3)9-17-14/h5-6,12H,4,7-9,15H2,1-3H3. The number of hydrogen-bond acceptors (Lipinski definition) is 3. The van der Waals surface area contributed by atoms with E-state index in [2.05, 4.69) is 37.8 Å². The van der Waals surface area contributed by atoms with Gasteiger partial charge in [0.05, 0.1) is 5.69 Å². The molecule has 0 saturated carbocycles. The van der Waals surface area contributed by atoms with Crippen molar-refractivity contribution in [1.82, 2.24) is 0 Å². The van der Waals surface area contributed by atoms with Crippen molar-refractivity contribution in [2.45, 2.75) is 38.1 Å². The van der Waals surface area contributed by atoms with Crippen LogP contribution in [0.15, 0.2) is 17.0 Å². The third-order valence-corrected chi connectivity index (χ3v) is 4.87. The van der Waals surface area contributed by atoms with Gasteiger partial charge in [-0.3, -0.25) is 0 Å². The third-order valence-electron chi connectivity index (χ3n) is 3.42. The van der Waals surface area contributed by atoms with Crippen LogP contribution in [0.3, 0.4) is 0 Å². The zero-order chi connectivity index (χ0) is 12.4. The number of rotatable bonds is 3. The van der Waals surface area contributed by atoms with Crippen LogP contribution in [0.4, 0.5) is 5.69 Å². The van der Waals surface area contributed by atoms with Gasteiger partial charge in [0.2, 0.25) is 0 Å². The van der Waals surface area contributed by atoms with Crippen LogP contribution < -0.4 is 10.6 Å². The number of aryl methyl sites for hydroxylation is 2. The average Bonchev–Trinajstić information content (AvgIpc) is 2.32. The molecule has 0 aromatic heterocycles. The Kier molecular flexibility index (Phi) is 4.00. The molecule has 3 heteroatoms. The van der Waals surface area contributed by atoms with Crippen LogP contribution in [0.25, 0.3) is 0 Å². The first kappa shape index (κ1) is 12.8. The molecule has 0 amide bonds. The number of nitrogens with two attached hydrogens (primary N) is 1. The Hall–Kier alpha value is -0.670. The second-order valence-electron chi connectivity index (χ2n) is 4.87. The van der Waals surface area contributed by atoms with Crippen molar-refractivity contribution in [2.75, 3.05) is 23.7 Å². The predicted molar refractivity (Wildman–Crippen MR) is 77.1 cm³/mol. The van der Waals surface area contributed by atoms with Crippen molar-refractivity contribution in [3.05, 3.63) is 23.3 Å². The maximum Gasteiger partial charge on any atom is 0.0539 e. The highest BCUT2D eigenvalue weighted by atomic mass is 32.2. The largest absolute Gasteiger partial charge is 0.367 e. The summed E-state index contributed by atoms with van der Waals surface area (Å²) in [6.45, 7) is 8.59. The molecule has 0 aliphatic carbocycles. The molecule has 94 valence electrons. The minimum absolute atomic E-state index is 0.611. The van der Waals surface area contributed by atoms with Gasteiger partial charge in [0, 0.05) is 23.2 Å². The van der Waals surface area contributed by atoms with Gasteiger partial charge in [-0.25, -0.2) is 0 Å². The summed E-state index contributed by atoms with van der Waals surface area (Å²) in [7, 11) is 0. The van der Waals surface area contributed by atoms with Gasteiger partial charge in [-0.2, -0.15) is 0 Å². The summed E-state index contributed by atoms with van der Waals surface area (Å²) in [6, 6.07) is 5.08. The highest BCUT2D eigenvalue weighted by Gasteiger charge is 2.25. The normalized spacial score (nSPS) is 19.3. The topological polar surface area (TPSA) is 29.3 Å². The third kappa shape index (κ3) is 2.45. The maximum atomic E-state index is 5.65. The van der Waals surface area contributed by atoms with E-state index >= 15 is 0 Å². The van der Waals surface area contributed by atoms with E-state index < -0.39 is 0 Å². The molecule has 1 heterocycles. The lowest BCUT2D eigenvalue weighted by molar-refractivity contribution is 0.649. The number of fused-ring (bicyclic) bond motifs is 1. The molecule has 17 heavy (non-hydrogen) atoms. The highest BCUT2D eigenvalue weighted by Crippen LogP contribution is 2.41. The van der Waals surface area contributed by atoms with Crippen molar-refractivity contribution >= 4 is 17.4 Å². The molecule has 0 saturated heterocycles. The minimum Gasteiger partial charge on any atom is -0.367 e. The van der Waals surface area contributed by atoms with Crippen molar-refractivity contribution in [3.63, 3.8) is 0 Å². The molecule has 1 unspecified atom stereocenters. The van der Waals surface area contributed by atoms with Gasteiger partial charge >= 0.3 is 0 Å². The van der Waals surface area contributed by atoms with Gasteiger partial charge in [-0.15, -0.1) is 11.8 Å². The molecule has 1 aromatic rings. The Labute approximate surface area is 109 Å². The highest BCUT2D eigenvalue weighted by molar-refractivity contribution is 7.99. The predicted octanol–water partition coefficient (Wildman–Crippen LogP) is 2.95. The number of benzene rings is 1. The van der Waals surface area contributed by atoms with Crippen LogP contribution in [0.2, 0.25) is 0 Å². The molecular formula is C14H22N2S. The summed E-state index contributed by atoms with van der Waals surface area (Å²) in [5.41, 5.74) is 9.89. The second-order valence-corrected chi connectivity index (χ2v) is 5.90. The molecule has 2 N–H and O–H groups in total. The van der Waals surface area contributed by atoms with E-state index in [1.165, 1.54) is 27.5 Å². The molecular weight excluding hydrogens is 228 g/mol. The van der Waals surface area contributed by atoms with Crippen molar-refractivity contribution < 1.29 is 0 Å².